The summed E-state index contributed by atoms with van der Waals surface area (Å²) in [5, 5.41) is 24.9. The van der Waals surface area contributed by atoms with Crippen molar-refractivity contribution in [1.29, 1.82) is 10.5 Å². The van der Waals surface area contributed by atoms with Gasteiger partial charge in [0.15, 0.2) is 0 Å². The van der Waals surface area contributed by atoms with Crippen LogP contribution < -0.4 is 0 Å². The van der Waals surface area contributed by atoms with Crippen LogP contribution >= 0.6 is 0 Å². The van der Waals surface area contributed by atoms with Crippen molar-refractivity contribution >= 4 is 43.6 Å². The third-order valence-corrected chi connectivity index (χ3v) is 9.41. The zero-order valence-corrected chi connectivity index (χ0v) is 25.8. The van der Waals surface area contributed by atoms with E-state index in [4.69, 9.17) is 0 Å². The van der Waals surface area contributed by atoms with Crippen molar-refractivity contribution in [3.05, 3.63) is 169 Å². The molecule has 0 unspecified atom stereocenters. The number of fused-ring (bicyclic) bond motifs is 6. The molecular weight excluding hydrogens is 585 g/mol. The van der Waals surface area contributed by atoms with Gasteiger partial charge in [-0.05, 0) is 65.7 Å². The van der Waals surface area contributed by atoms with Crippen LogP contribution in [0.3, 0.4) is 0 Å². The van der Waals surface area contributed by atoms with Crippen molar-refractivity contribution in [2.24, 2.45) is 0 Å². The van der Waals surface area contributed by atoms with Crippen LogP contribution in [0.15, 0.2) is 158 Å². The first-order chi connectivity index (χ1) is 23.8. The summed E-state index contributed by atoms with van der Waals surface area (Å²) in [6, 6.07) is 58.9. The van der Waals surface area contributed by atoms with Crippen LogP contribution in [-0.2, 0) is 0 Å². The zero-order valence-electron chi connectivity index (χ0n) is 25.8. The molecule has 0 aliphatic rings. The Bertz CT molecular complexity index is 2760. The Morgan fingerprint density at radius 1 is 0.417 bits per heavy atom. The van der Waals surface area contributed by atoms with E-state index in [-0.39, 0.29) is 0 Å². The average molecular weight is 611 g/mol. The van der Waals surface area contributed by atoms with Crippen LogP contribution in [0.25, 0.3) is 77.2 Å². The van der Waals surface area contributed by atoms with Gasteiger partial charge in [0.25, 0.3) is 0 Å². The molecule has 0 fully saturated rings. The van der Waals surface area contributed by atoms with E-state index in [0.29, 0.717) is 11.1 Å². The molecule has 0 spiro atoms. The number of nitriles is 2. The molecule has 0 atom stereocenters. The lowest BCUT2D eigenvalue weighted by Gasteiger charge is -2.18. The lowest BCUT2D eigenvalue weighted by Crippen LogP contribution is -1.99. The molecule has 9 aromatic rings. The minimum atomic E-state index is 0.607. The molecule has 9 rings (SSSR count). The van der Waals surface area contributed by atoms with E-state index in [1.165, 1.54) is 10.8 Å². The van der Waals surface area contributed by atoms with Crippen LogP contribution in [0.1, 0.15) is 11.1 Å². The number of hydrogen-bond acceptors (Lipinski definition) is 2. The van der Waals surface area contributed by atoms with Gasteiger partial charge in [0.05, 0.1) is 51.0 Å². The van der Waals surface area contributed by atoms with Gasteiger partial charge in [-0.2, -0.15) is 10.5 Å². The molecule has 2 aromatic heterocycles. The highest BCUT2D eigenvalue weighted by Crippen LogP contribution is 2.42. The smallest absolute Gasteiger partial charge is 0.0998 e. The fourth-order valence-electron chi connectivity index (χ4n) is 7.45. The van der Waals surface area contributed by atoms with Crippen LogP contribution in [-0.4, -0.2) is 9.13 Å². The molecule has 0 N–H and O–H groups in total. The highest BCUT2D eigenvalue weighted by atomic mass is 15.0. The van der Waals surface area contributed by atoms with Crippen molar-refractivity contribution in [1.82, 2.24) is 9.13 Å². The molecule has 4 nitrogen and oxygen atoms in total. The van der Waals surface area contributed by atoms with E-state index < -0.39 is 0 Å². The quantitative estimate of drug-likeness (QED) is 0.199. The van der Waals surface area contributed by atoms with E-state index in [9.17, 15) is 10.5 Å². The second-order valence-corrected chi connectivity index (χ2v) is 11.9. The number of hydrogen-bond donors (Lipinski definition) is 0. The number of benzene rings is 7. The lowest BCUT2D eigenvalue weighted by molar-refractivity contribution is 1.18. The SMILES string of the molecule is N#Cc1cccc(-c2ccccc2-n2c3ccccc3c3c(C#N)cccc32)c1-c1cccc(-n2c3ccccc3c3ccccc32)c1. The van der Waals surface area contributed by atoms with Crippen molar-refractivity contribution in [3.63, 3.8) is 0 Å². The Morgan fingerprint density at radius 2 is 0.958 bits per heavy atom. The molecule has 0 bridgehead atoms. The fourth-order valence-corrected chi connectivity index (χ4v) is 7.45. The van der Waals surface area contributed by atoms with E-state index in [1.807, 2.05) is 48.5 Å². The fraction of sp³-hybridized carbons (Fsp3) is 0. The van der Waals surface area contributed by atoms with Crippen LogP contribution in [0.4, 0.5) is 0 Å². The minimum Gasteiger partial charge on any atom is -0.309 e. The molecule has 0 radical (unpaired) electrons. The summed E-state index contributed by atoms with van der Waals surface area (Å²) in [5.74, 6) is 0. The third kappa shape index (κ3) is 4.01. The molecular formula is C44H26N4. The topological polar surface area (TPSA) is 57.4 Å². The van der Waals surface area contributed by atoms with Crippen LogP contribution in [0, 0.1) is 22.7 Å². The Balaban J connectivity index is 1.31. The Labute approximate surface area is 277 Å². The van der Waals surface area contributed by atoms with E-state index in [2.05, 4.69) is 130 Å². The molecule has 0 amide bonds. The maximum atomic E-state index is 10.5. The van der Waals surface area contributed by atoms with Gasteiger partial charge in [-0.15, -0.1) is 0 Å². The summed E-state index contributed by atoms with van der Waals surface area (Å²) >= 11 is 0. The van der Waals surface area contributed by atoms with Crippen molar-refractivity contribution in [3.8, 4) is 45.8 Å². The summed E-state index contributed by atoms with van der Waals surface area (Å²) in [5.41, 5.74) is 11.3. The zero-order chi connectivity index (χ0) is 32.2. The Morgan fingerprint density at radius 3 is 1.69 bits per heavy atom. The van der Waals surface area contributed by atoms with Gasteiger partial charge >= 0.3 is 0 Å². The van der Waals surface area contributed by atoms with Gasteiger partial charge < -0.3 is 9.13 Å². The molecule has 4 heteroatoms. The van der Waals surface area contributed by atoms with E-state index >= 15 is 0 Å². The average Bonchev–Trinajstić information content (AvgIpc) is 3.68. The molecule has 48 heavy (non-hydrogen) atoms. The van der Waals surface area contributed by atoms with Gasteiger partial charge in [-0.1, -0.05) is 103 Å². The predicted octanol–water partition coefficient (Wildman–Crippen LogP) is 11.0. The van der Waals surface area contributed by atoms with Crippen molar-refractivity contribution in [2.75, 3.05) is 0 Å². The van der Waals surface area contributed by atoms with E-state index in [0.717, 1.165) is 66.5 Å². The Kier molecular flexibility index (Phi) is 6.22. The molecule has 222 valence electrons. The number of nitrogens with zero attached hydrogens (tertiary/aromatic N) is 4. The standard InChI is InChI=1S/C44H26N4/c45-27-30-13-10-20-36(35-18-3-7-23-40(35)48-41-24-8-4-19-37(41)44-31(28-46)14-11-25-42(44)48)43(30)29-12-9-15-32(26-29)47-38-21-5-1-16-33(38)34-17-2-6-22-39(34)47/h1-26H. The summed E-state index contributed by atoms with van der Waals surface area (Å²) in [7, 11) is 0. The van der Waals surface area contributed by atoms with Crippen LogP contribution in [0.5, 0.6) is 0 Å². The first-order valence-corrected chi connectivity index (χ1v) is 15.9. The summed E-state index contributed by atoms with van der Waals surface area (Å²) in [6.45, 7) is 0. The van der Waals surface area contributed by atoms with Gasteiger partial charge in [-0.3, -0.25) is 0 Å². The Hall–Kier alpha value is -6.88. The van der Waals surface area contributed by atoms with Gasteiger partial charge in [0.1, 0.15) is 0 Å². The maximum Gasteiger partial charge on any atom is 0.0998 e. The normalized spacial score (nSPS) is 11.3. The molecule has 7 aromatic carbocycles. The molecule has 0 aliphatic heterocycles. The first-order valence-electron chi connectivity index (χ1n) is 15.9. The van der Waals surface area contributed by atoms with Crippen LogP contribution in [0.2, 0.25) is 0 Å². The lowest BCUT2D eigenvalue weighted by atomic mass is 9.90. The van der Waals surface area contributed by atoms with Crippen molar-refractivity contribution < 1.29 is 0 Å². The number of aromatic nitrogens is 2. The first kappa shape index (κ1) is 27.4. The van der Waals surface area contributed by atoms with Gasteiger partial charge in [0, 0.05) is 38.4 Å². The largest absolute Gasteiger partial charge is 0.309 e. The number of para-hydroxylation sites is 4. The summed E-state index contributed by atoms with van der Waals surface area (Å²) < 4.78 is 4.56. The second-order valence-electron chi connectivity index (χ2n) is 11.9. The molecule has 0 aliphatic carbocycles. The maximum absolute atomic E-state index is 10.5. The summed E-state index contributed by atoms with van der Waals surface area (Å²) in [6.07, 6.45) is 0. The second kappa shape index (κ2) is 10.9. The van der Waals surface area contributed by atoms with Gasteiger partial charge in [-0.25, -0.2) is 0 Å². The predicted molar refractivity (Wildman–Crippen MR) is 195 cm³/mol. The number of rotatable bonds is 4. The summed E-state index contributed by atoms with van der Waals surface area (Å²) in [4.78, 5) is 0. The van der Waals surface area contributed by atoms with E-state index in [1.54, 1.807) is 0 Å². The molecule has 0 saturated carbocycles. The van der Waals surface area contributed by atoms with Gasteiger partial charge in [0.2, 0.25) is 0 Å². The van der Waals surface area contributed by atoms with Crippen molar-refractivity contribution in [2.45, 2.75) is 0 Å². The monoisotopic (exact) mass is 610 g/mol. The minimum absolute atomic E-state index is 0.607. The highest BCUT2D eigenvalue weighted by molar-refractivity contribution is 6.12. The highest BCUT2D eigenvalue weighted by Gasteiger charge is 2.21. The molecule has 0 saturated heterocycles. The molecule has 2 heterocycles. The third-order valence-electron chi connectivity index (χ3n) is 9.41.